The number of benzene rings is 3. The molecule has 3 aromatic carbocycles. The third kappa shape index (κ3) is 6.65. The van der Waals surface area contributed by atoms with Gasteiger partial charge in [0.15, 0.2) is 4.80 Å². The topological polar surface area (TPSA) is 79.1 Å². The molecule has 222 valence electrons. The van der Waals surface area contributed by atoms with E-state index in [4.69, 9.17) is 14.2 Å². The van der Waals surface area contributed by atoms with Crippen molar-refractivity contribution in [3.05, 3.63) is 126 Å². The lowest BCUT2D eigenvalue weighted by atomic mass is 9.96. The Morgan fingerprint density at radius 2 is 1.72 bits per heavy atom. The van der Waals surface area contributed by atoms with Crippen LogP contribution < -0.4 is 24.4 Å². The molecule has 1 aromatic heterocycles. The molecule has 0 spiro atoms. The van der Waals surface area contributed by atoms with E-state index in [1.807, 2.05) is 60.7 Å². The number of carbonyl (C=O) groups excluding carboxylic acids is 1. The second kappa shape index (κ2) is 13.3. The van der Waals surface area contributed by atoms with Gasteiger partial charge in [0.2, 0.25) is 0 Å². The maximum absolute atomic E-state index is 13.7. The van der Waals surface area contributed by atoms with Crippen molar-refractivity contribution >= 4 is 23.4 Å². The Morgan fingerprint density at radius 3 is 2.42 bits per heavy atom. The van der Waals surface area contributed by atoms with Crippen molar-refractivity contribution in [3.63, 3.8) is 0 Å². The summed E-state index contributed by atoms with van der Waals surface area (Å²) in [6.45, 7) is 11.0. The van der Waals surface area contributed by atoms with E-state index >= 15 is 0 Å². The highest BCUT2D eigenvalue weighted by Crippen LogP contribution is 2.31. The Hall–Kier alpha value is -4.43. The van der Waals surface area contributed by atoms with Crippen molar-refractivity contribution in [3.8, 4) is 11.5 Å². The largest absolute Gasteiger partial charge is 0.490 e. The fraction of sp³-hybridized carbons (Fsp3) is 0.286. The second-order valence-corrected chi connectivity index (χ2v) is 11.7. The van der Waals surface area contributed by atoms with E-state index in [9.17, 15) is 9.59 Å². The summed E-state index contributed by atoms with van der Waals surface area (Å²) >= 11 is 1.30. The monoisotopic (exact) mass is 596 g/mol. The molecule has 1 aliphatic rings. The van der Waals surface area contributed by atoms with Gasteiger partial charge in [-0.3, -0.25) is 9.36 Å². The number of carbonyl (C=O) groups is 1. The van der Waals surface area contributed by atoms with Crippen molar-refractivity contribution in [1.29, 1.82) is 0 Å². The molecule has 7 nitrogen and oxygen atoms in total. The predicted molar refractivity (Wildman–Crippen MR) is 170 cm³/mol. The molecule has 1 unspecified atom stereocenters. The summed E-state index contributed by atoms with van der Waals surface area (Å²) in [4.78, 5) is 31.9. The number of fused-ring (bicyclic) bond motifs is 1. The molecule has 0 bridgehead atoms. The van der Waals surface area contributed by atoms with Crippen molar-refractivity contribution in [2.75, 3.05) is 19.8 Å². The van der Waals surface area contributed by atoms with Crippen LogP contribution in [0.5, 0.6) is 11.5 Å². The predicted octanol–water partition coefficient (Wildman–Crippen LogP) is 5.69. The molecule has 2 heterocycles. The molecular weight excluding hydrogens is 560 g/mol. The highest BCUT2D eigenvalue weighted by molar-refractivity contribution is 7.07. The van der Waals surface area contributed by atoms with Crippen LogP contribution in [0.1, 0.15) is 61.9 Å². The molecule has 0 aliphatic carbocycles. The van der Waals surface area contributed by atoms with E-state index in [1.54, 1.807) is 18.4 Å². The number of esters is 1. The summed E-state index contributed by atoms with van der Waals surface area (Å²) in [6, 6.07) is 22.8. The summed E-state index contributed by atoms with van der Waals surface area (Å²) in [7, 11) is 0. The van der Waals surface area contributed by atoms with Gasteiger partial charge in [-0.25, -0.2) is 9.79 Å². The SMILES string of the molecule is CCOC(=O)C1=C(C)N=c2s/c(=C/c3ccc(OCCOc4cc(C)ccc4C(C)C)cc3)c(=O)n2C1c1ccccc1. The minimum atomic E-state index is -0.618. The quantitative estimate of drug-likeness (QED) is 0.174. The summed E-state index contributed by atoms with van der Waals surface area (Å²) < 4.78 is 19.4. The van der Waals surface area contributed by atoms with E-state index in [-0.39, 0.29) is 12.2 Å². The van der Waals surface area contributed by atoms with Crippen LogP contribution in [0.15, 0.2) is 93.9 Å². The molecule has 0 amide bonds. The first-order valence-electron chi connectivity index (χ1n) is 14.5. The molecule has 0 saturated carbocycles. The Labute approximate surface area is 255 Å². The maximum atomic E-state index is 13.7. The van der Waals surface area contributed by atoms with Gasteiger partial charge in [-0.1, -0.05) is 79.8 Å². The summed E-state index contributed by atoms with van der Waals surface area (Å²) in [5.74, 6) is 1.52. The van der Waals surface area contributed by atoms with Gasteiger partial charge < -0.3 is 14.2 Å². The average molecular weight is 597 g/mol. The molecule has 1 aliphatic heterocycles. The molecule has 43 heavy (non-hydrogen) atoms. The number of aromatic nitrogens is 1. The average Bonchev–Trinajstić information content (AvgIpc) is 3.29. The number of nitrogens with zero attached hydrogens (tertiary/aromatic N) is 2. The highest BCUT2D eigenvalue weighted by atomic mass is 32.1. The standard InChI is InChI=1S/C35H36N2O5S/c1-6-40-34(39)31-24(5)36-35-37(32(31)26-10-8-7-9-11-26)33(38)30(43-35)21-25-13-15-27(16-14-25)41-18-19-42-29-20-23(4)12-17-28(29)22(2)3/h7-17,20-22,32H,6,18-19H2,1-5H3/b30-21+. The molecule has 0 N–H and O–H groups in total. The van der Waals surface area contributed by atoms with Crippen LogP contribution >= 0.6 is 11.3 Å². The smallest absolute Gasteiger partial charge is 0.338 e. The normalized spacial score (nSPS) is 14.8. The molecule has 4 aromatic rings. The summed E-state index contributed by atoms with van der Waals surface area (Å²) in [5.41, 5.74) is 4.74. The molecule has 0 saturated heterocycles. The lowest BCUT2D eigenvalue weighted by molar-refractivity contribution is -0.139. The zero-order valence-electron chi connectivity index (χ0n) is 25.1. The van der Waals surface area contributed by atoms with Crippen molar-refractivity contribution in [2.45, 2.75) is 46.6 Å². The second-order valence-electron chi connectivity index (χ2n) is 10.7. The van der Waals surface area contributed by atoms with Crippen LogP contribution in [-0.2, 0) is 9.53 Å². The number of allylic oxidation sites excluding steroid dienone is 1. The Bertz CT molecular complexity index is 1820. The van der Waals surface area contributed by atoms with Gasteiger partial charge in [0.05, 0.1) is 28.5 Å². The molecule has 1 atom stereocenters. The van der Waals surface area contributed by atoms with Crippen LogP contribution in [0.3, 0.4) is 0 Å². The van der Waals surface area contributed by atoms with Gasteiger partial charge in [-0.15, -0.1) is 0 Å². The first kappa shape index (κ1) is 30.0. The number of ether oxygens (including phenoxy) is 3. The van der Waals surface area contributed by atoms with Gasteiger partial charge in [0.1, 0.15) is 24.7 Å². The molecule has 0 fully saturated rings. The Morgan fingerprint density at radius 1 is 1.00 bits per heavy atom. The molecule has 5 rings (SSSR count). The number of hydrogen-bond donors (Lipinski definition) is 0. The molecule has 0 radical (unpaired) electrons. The summed E-state index contributed by atoms with van der Waals surface area (Å²) in [5, 5.41) is 0. The van der Waals surface area contributed by atoms with Crippen LogP contribution in [0.25, 0.3) is 6.08 Å². The van der Waals surface area contributed by atoms with Gasteiger partial charge >= 0.3 is 5.97 Å². The molecule has 8 heteroatoms. The zero-order valence-corrected chi connectivity index (χ0v) is 25.9. The van der Waals surface area contributed by atoms with Gasteiger partial charge in [0, 0.05) is 0 Å². The van der Waals surface area contributed by atoms with Crippen LogP contribution in [0.4, 0.5) is 0 Å². The summed E-state index contributed by atoms with van der Waals surface area (Å²) in [6.07, 6.45) is 1.84. The van der Waals surface area contributed by atoms with E-state index in [0.29, 0.717) is 45.5 Å². The number of aryl methyl sites for hydroxylation is 1. The lowest BCUT2D eigenvalue weighted by Gasteiger charge is -2.24. The minimum absolute atomic E-state index is 0.207. The van der Waals surface area contributed by atoms with Gasteiger partial charge in [0.25, 0.3) is 5.56 Å². The Kier molecular flexibility index (Phi) is 9.26. The fourth-order valence-electron chi connectivity index (χ4n) is 5.11. The van der Waals surface area contributed by atoms with E-state index in [2.05, 4.69) is 44.0 Å². The van der Waals surface area contributed by atoms with Crippen LogP contribution in [0, 0.1) is 6.92 Å². The van der Waals surface area contributed by atoms with Crippen LogP contribution in [-0.4, -0.2) is 30.4 Å². The van der Waals surface area contributed by atoms with Crippen molar-refractivity contribution in [1.82, 2.24) is 4.57 Å². The lowest BCUT2D eigenvalue weighted by Crippen LogP contribution is -2.39. The number of hydrogen-bond acceptors (Lipinski definition) is 7. The highest BCUT2D eigenvalue weighted by Gasteiger charge is 2.33. The van der Waals surface area contributed by atoms with Crippen molar-refractivity contribution < 1.29 is 19.0 Å². The van der Waals surface area contributed by atoms with E-state index in [1.165, 1.54) is 16.9 Å². The minimum Gasteiger partial charge on any atom is -0.490 e. The first-order valence-corrected chi connectivity index (χ1v) is 15.3. The van der Waals surface area contributed by atoms with Gasteiger partial charge in [-0.05, 0) is 73.2 Å². The van der Waals surface area contributed by atoms with Crippen LogP contribution in [0.2, 0.25) is 0 Å². The maximum Gasteiger partial charge on any atom is 0.338 e. The van der Waals surface area contributed by atoms with E-state index in [0.717, 1.165) is 22.4 Å². The van der Waals surface area contributed by atoms with E-state index < -0.39 is 12.0 Å². The van der Waals surface area contributed by atoms with Crippen molar-refractivity contribution in [2.24, 2.45) is 4.99 Å². The fourth-order valence-corrected chi connectivity index (χ4v) is 6.16. The number of rotatable bonds is 10. The third-order valence-corrected chi connectivity index (χ3v) is 8.19. The number of thiazole rings is 1. The third-order valence-electron chi connectivity index (χ3n) is 7.21. The molecular formula is C35H36N2O5S. The van der Waals surface area contributed by atoms with Gasteiger partial charge in [-0.2, -0.15) is 0 Å². The Balaban J connectivity index is 1.34. The first-order chi connectivity index (χ1) is 20.8. The zero-order chi connectivity index (χ0) is 30.5.